The maximum absolute atomic E-state index is 11.6. The van der Waals surface area contributed by atoms with E-state index in [1.165, 1.54) is 25.7 Å². The highest BCUT2D eigenvalue weighted by molar-refractivity contribution is 5.74. The molecule has 3 nitrogen and oxygen atoms in total. The lowest BCUT2D eigenvalue weighted by molar-refractivity contribution is -0.153. The monoisotopic (exact) mass is 267 g/mol. The van der Waals surface area contributed by atoms with Gasteiger partial charge in [-0.3, -0.25) is 4.79 Å². The zero-order chi connectivity index (χ0) is 13.9. The molecule has 1 N–H and O–H groups in total. The number of rotatable bonds is 5. The van der Waals surface area contributed by atoms with E-state index >= 15 is 0 Å². The minimum atomic E-state index is -0.567. The molecule has 0 amide bonds. The van der Waals surface area contributed by atoms with E-state index in [4.69, 9.17) is 0 Å². The van der Waals surface area contributed by atoms with Gasteiger partial charge in [0.25, 0.3) is 0 Å². The van der Waals surface area contributed by atoms with Gasteiger partial charge in [-0.1, -0.05) is 26.2 Å². The van der Waals surface area contributed by atoms with Crippen LogP contribution < -0.4 is 0 Å². The van der Waals surface area contributed by atoms with Gasteiger partial charge in [0.05, 0.1) is 5.41 Å². The summed E-state index contributed by atoms with van der Waals surface area (Å²) in [7, 11) is 0. The molecular weight excluding hydrogens is 238 g/mol. The van der Waals surface area contributed by atoms with Gasteiger partial charge >= 0.3 is 5.97 Å². The standard InChI is InChI=1S/C16H29NO2/c1-3-8-16(15(18)19)9-11-17(12-10-16)13(2)14-6-4-5-7-14/h13-14H,3-12H2,1-2H3,(H,18,19). The molecule has 3 heteroatoms. The molecule has 1 aliphatic heterocycles. The lowest BCUT2D eigenvalue weighted by Crippen LogP contribution is -2.49. The summed E-state index contributed by atoms with van der Waals surface area (Å²) < 4.78 is 0. The Hall–Kier alpha value is -0.570. The molecule has 1 saturated carbocycles. The molecule has 1 atom stereocenters. The van der Waals surface area contributed by atoms with E-state index in [2.05, 4.69) is 18.7 Å². The Morgan fingerprint density at radius 1 is 1.32 bits per heavy atom. The minimum Gasteiger partial charge on any atom is -0.481 e. The van der Waals surface area contributed by atoms with Crippen LogP contribution in [0.4, 0.5) is 0 Å². The molecule has 0 aromatic rings. The highest BCUT2D eigenvalue weighted by Crippen LogP contribution is 2.39. The van der Waals surface area contributed by atoms with Crippen LogP contribution in [0.15, 0.2) is 0 Å². The van der Waals surface area contributed by atoms with Crippen molar-refractivity contribution in [3.63, 3.8) is 0 Å². The van der Waals surface area contributed by atoms with E-state index in [0.29, 0.717) is 6.04 Å². The average molecular weight is 267 g/mol. The van der Waals surface area contributed by atoms with E-state index in [1.807, 2.05) is 0 Å². The molecule has 2 rings (SSSR count). The van der Waals surface area contributed by atoms with Gasteiger partial charge in [-0.15, -0.1) is 0 Å². The fourth-order valence-corrected chi connectivity index (χ4v) is 4.15. The van der Waals surface area contributed by atoms with Crippen molar-refractivity contribution in [1.82, 2.24) is 4.90 Å². The van der Waals surface area contributed by atoms with Gasteiger partial charge in [-0.05, 0) is 58.0 Å². The Bertz CT molecular complexity index is 302. The Kier molecular flexibility index (Phi) is 4.88. The van der Waals surface area contributed by atoms with E-state index in [-0.39, 0.29) is 0 Å². The van der Waals surface area contributed by atoms with Gasteiger partial charge in [0.15, 0.2) is 0 Å². The first-order valence-corrected chi connectivity index (χ1v) is 8.06. The number of hydrogen-bond donors (Lipinski definition) is 1. The number of carboxylic acid groups (broad SMARTS) is 1. The SMILES string of the molecule is CCCC1(C(=O)O)CCN(C(C)C2CCCC2)CC1. The molecule has 1 unspecified atom stereocenters. The van der Waals surface area contributed by atoms with Gasteiger partial charge in [-0.25, -0.2) is 0 Å². The van der Waals surface area contributed by atoms with Crippen molar-refractivity contribution in [3.8, 4) is 0 Å². The highest BCUT2D eigenvalue weighted by Gasteiger charge is 2.42. The number of nitrogens with zero attached hydrogens (tertiary/aromatic N) is 1. The maximum atomic E-state index is 11.6. The molecule has 0 bridgehead atoms. The van der Waals surface area contributed by atoms with E-state index in [1.54, 1.807) is 0 Å². The average Bonchev–Trinajstić information content (AvgIpc) is 2.93. The molecule has 0 aromatic carbocycles. The fraction of sp³-hybridized carbons (Fsp3) is 0.938. The van der Waals surface area contributed by atoms with Crippen LogP contribution in [0, 0.1) is 11.3 Å². The minimum absolute atomic E-state index is 0.430. The number of likely N-dealkylation sites (tertiary alicyclic amines) is 1. The van der Waals surface area contributed by atoms with E-state index in [9.17, 15) is 9.90 Å². The van der Waals surface area contributed by atoms with Crippen LogP contribution in [0.1, 0.15) is 65.2 Å². The van der Waals surface area contributed by atoms with Crippen LogP contribution in [0.2, 0.25) is 0 Å². The number of hydrogen-bond acceptors (Lipinski definition) is 2. The molecule has 110 valence electrons. The lowest BCUT2D eigenvalue weighted by Gasteiger charge is -2.43. The molecule has 19 heavy (non-hydrogen) atoms. The first kappa shape index (κ1) is 14.8. The number of carboxylic acids is 1. The second-order valence-corrected chi connectivity index (χ2v) is 6.66. The zero-order valence-electron chi connectivity index (χ0n) is 12.5. The van der Waals surface area contributed by atoms with Gasteiger partial charge in [0.1, 0.15) is 0 Å². The second kappa shape index (κ2) is 6.25. The Morgan fingerprint density at radius 3 is 2.37 bits per heavy atom. The van der Waals surface area contributed by atoms with Crippen molar-refractivity contribution >= 4 is 5.97 Å². The van der Waals surface area contributed by atoms with Crippen LogP contribution in [0.5, 0.6) is 0 Å². The van der Waals surface area contributed by atoms with Crippen LogP contribution >= 0.6 is 0 Å². The van der Waals surface area contributed by atoms with Crippen LogP contribution in [-0.4, -0.2) is 35.1 Å². The predicted octanol–water partition coefficient (Wildman–Crippen LogP) is 3.53. The van der Waals surface area contributed by atoms with Gasteiger partial charge in [0, 0.05) is 6.04 Å². The molecule has 0 spiro atoms. The third-order valence-electron chi connectivity index (χ3n) is 5.60. The summed E-state index contributed by atoms with van der Waals surface area (Å²) >= 11 is 0. The Labute approximate surface area is 117 Å². The highest BCUT2D eigenvalue weighted by atomic mass is 16.4. The third-order valence-corrected chi connectivity index (χ3v) is 5.60. The number of piperidine rings is 1. The molecular formula is C16H29NO2. The Morgan fingerprint density at radius 2 is 1.89 bits per heavy atom. The molecule has 1 heterocycles. The van der Waals surface area contributed by atoms with Crippen LogP contribution in [0.25, 0.3) is 0 Å². The van der Waals surface area contributed by atoms with Crippen molar-refractivity contribution in [3.05, 3.63) is 0 Å². The number of aliphatic carboxylic acids is 1. The first-order valence-electron chi connectivity index (χ1n) is 8.06. The smallest absolute Gasteiger partial charge is 0.309 e. The summed E-state index contributed by atoms with van der Waals surface area (Å²) in [5, 5.41) is 9.54. The second-order valence-electron chi connectivity index (χ2n) is 6.66. The molecule has 0 aromatic heterocycles. The summed E-state index contributed by atoms with van der Waals surface area (Å²) in [5.74, 6) is 0.283. The van der Waals surface area contributed by atoms with E-state index < -0.39 is 11.4 Å². The summed E-state index contributed by atoms with van der Waals surface area (Å²) in [6.07, 6.45) is 9.02. The van der Waals surface area contributed by atoms with E-state index in [0.717, 1.165) is 44.7 Å². The molecule has 1 aliphatic carbocycles. The van der Waals surface area contributed by atoms with Crippen molar-refractivity contribution in [1.29, 1.82) is 0 Å². The number of carbonyl (C=O) groups is 1. The van der Waals surface area contributed by atoms with Gasteiger partial charge < -0.3 is 10.0 Å². The molecule has 1 saturated heterocycles. The third kappa shape index (κ3) is 3.13. The topological polar surface area (TPSA) is 40.5 Å². The summed E-state index contributed by atoms with van der Waals surface area (Å²) in [6.45, 7) is 6.40. The van der Waals surface area contributed by atoms with Crippen LogP contribution in [-0.2, 0) is 4.79 Å². The van der Waals surface area contributed by atoms with Gasteiger partial charge in [0.2, 0.25) is 0 Å². The van der Waals surface area contributed by atoms with Crippen molar-refractivity contribution < 1.29 is 9.90 Å². The molecule has 2 fully saturated rings. The van der Waals surface area contributed by atoms with Gasteiger partial charge in [-0.2, -0.15) is 0 Å². The summed E-state index contributed by atoms with van der Waals surface area (Å²) in [4.78, 5) is 14.1. The Balaban J connectivity index is 1.91. The quantitative estimate of drug-likeness (QED) is 0.828. The molecule has 0 radical (unpaired) electrons. The molecule has 2 aliphatic rings. The lowest BCUT2D eigenvalue weighted by atomic mass is 9.74. The fourth-order valence-electron chi connectivity index (χ4n) is 4.15. The van der Waals surface area contributed by atoms with Crippen molar-refractivity contribution in [2.75, 3.05) is 13.1 Å². The largest absolute Gasteiger partial charge is 0.481 e. The summed E-state index contributed by atoms with van der Waals surface area (Å²) in [5.41, 5.74) is -0.430. The zero-order valence-corrected chi connectivity index (χ0v) is 12.5. The maximum Gasteiger partial charge on any atom is 0.309 e. The normalized spacial score (nSPS) is 26.4. The van der Waals surface area contributed by atoms with Crippen molar-refractivity contribution in [2.45, 2.75) is 71.3 Å². The first-order chi connectivity index (χ1) is 9.09. The van der Waals surface area contributed by atoms with Crippen molar-refractivity contribution in [2.24, 2.45) is 11.3 Å². The summed E-state index contributed by atoms with van der Waals surface area (Å²) in [6, 6.07) is 0.649. The van der Waals surface area contributed by atoms with Crippen LogP contribution in [0.3, 0.4) is 0 Å². The predicted molar refractivity (Wildman–Crippen MR) is 77.2 cm³/mol.